The van der Waals surface area contributed by atoms with E-state index < -0.39 is 0 Å². The summed E-state index contributed by atoms with van der Waals surface area (Å²) in [5.41, 5.74) is 1.08. The van der Waals surface area contributed by atoms with Crippen molar-refractivity contribution in [2.75, 3.05) is 5.32 Å². The summed E-state index contributed by atoms with van der Waals surface area (Å²) in [4.78, 5) is 6.83. The maximum absolute atomic E-state index is 4.03. The van der Waals surface area contributed by atoms with E-state index in [1.165, 1.54) is 9.75 Å². The lowest BCUT2D eigenvalue weighted by atomic mass is 10.3. The third-order valence-corrected chi connectivity index (χ3v) is 4.15. The zero-order valence-electron chi connectivity index (χ0n) is 9.03. The molecule has 1 N–H and O–H groups in total. The standard InChI is InChI=1S/C12H13BrN2S/c1-2-9-3-4-10(16-9)7-15-12-5-6-14-8-11(12)13/h3-6,8H,2,7H2,1H3,(H,14,15). The number of rotatable bonds is 4. The third kappa shape index (κ3) is 2.83. The summed E-state index contributed by atoms with van der Waals surface area (Å²) in [6.45, 7) is 3.05. The van der Waals surface area contributed by atoms with E-state index in [1.807, 2.05) is 17.4 Å². The van der Waals surface area contributed by atoms with E-state index in [-0.39, 0.29) is 0 Å². The number of anilines is 1. The van der Waals surface area contributed by atoms with Gasteiger partial charge in [-0.2, -0.15) is 0 Å². The van der Waals surface area contributed by atoms with Crippen molar-refractivity contribution in [3.8, 4) is 0 Å². The molecular weight excluding hydrogens is 284 g/mol. The van der Waals surface area contributed by atoms with Gasteiger partial charge in [0.2, 0.25) is 0 Å². The van der Waals surface area contributed by atoms with Crippen LogP contribution in [0.15, 0.2) is 35.1 Å². The zero-order chi connectivity index (χ0) is 11.4. The Morgan fingerprint density at radius 1 is 1.31 bits per heavy atom. The summed E-state index contributed by atoms with van der Waals surface area (Å²) in [7, 11) is 0. The molecule has 0 unspecified atom stereocenters. The highest BCUT2D eigenvalue weighted by Gasteiger charge is 2.01. The fourth-order valence-electron chi connectivity index (χ4n) is 1.41. The number of hydrogen-bond donors (Lipinski definition) is 1. The molecule has 0 atom stereocenters. The number of nitrogens with zero attached hydrogens (tertiary/aromatic N) is 1. The molecule has 0 aromatic carbocycles. The summed E-state index contributed by atoms with van der Waals surface area (Å²) in [5.74, 6) is 0. The van der Waals surface area contributed by atoms with Gasteiger partial charge in [-0.1, -0.05) is 6.92 Å². The molecule has 2 aromatic rings. The molecule has 2 nitrogen and oxygen atoms in total. The van der Waals surface area contributed by atoms with Gasteiger partial charge in [0.25, 0.3) is 0 Å². The first-order valence-electron chi connectivity index (χ1n) is 5.20. The average molecular weight is 297 g/mol. The van der Waals surface area contributed by atoms with Crippen LogP contribution >= 0.6 is 27.3 Å². The molecular formula is C12H13BrN2S. The van der Waals surface area contributed by atoms with Gasteiger partial charge in [-0.15, -0.1) is 11.3 Å². The minimum Gasteiger partial charge on any atom is -0.379 e. The minimum absolute atomic E-state index is 0.868. The Kier molecular flexibility index (Phi) is 3.96. The van der Waals surface area contributed by atoms with Crippen molar-refractivity contribution in [2.45, 2.75) is 19.9 Å². The van der Waals surface area contributed by atoms with Crippen LogP contribution in [0.1, 0.15) is 16.7 Å². The highest BCUT2D eigenvalue weighted by Crippen LogP contribution is 2.22. The number of hydrogen-bond acceptors (Lipinski definition) is 3. The maximum Gasteiger partial charge on any atom is 0.0590 e. The van der Waals surface area contributed by atoms with Gasteiger partial charge < -0.3 is 5.32 Å². The summed E-state index contributed by atoms with van der Waals surface area (Å²) < 4.78 is 1.00. The summed E-state index contributed by atoms with van der Waals surface area (Å²) in [6, 6.07) is 6.35. The number of pyridine rings is 1. The molecule has 0 radical (unpaired) electrons. The first-order chi connectivity index (χ1) is 7.79. The number of thiophene rings is 1. The second kappa shape index (κ2) is 5.46. The summed E-state index contributed by atoms with van der Waals surface area (Å²) in [5, 5.41) is 3.39. The van der Waals surface area contributed by atoms with Gasteiger partial charge in [-0.05, 0) is 40.5 Å². The molecule has 0 saturated carbocycles. The first kappa shape index (κ1) is 11.6. The molecule has 2 heterocycles. The van der Waals surface area contributed by atoms with Crippen molar-refractivity contribution in [3.05, 3.63) is 44.8 Å². The van der Waals surface area contributed by atoms with Crippen molar-refractivity contribution >= 4 is 33.0 Å². The predicted molar refractivity (Wildman–Crippen MR) is 73.0 cm³/mol. The zero-order valence-corrected chi connectivity index (χ0v) is 11.4. The Morgan fingerprint density at radius 2 is 2.12 bits per heavy atom. The number of nitrogens with one attached hydrogen (secondary N) is 1. The van der Waals surface area contributed by atoms with E-state index in [4.69, 9.17) is 0 Å². The Balaban J connectivity index is 1.99. The molecule has 2 aromatic heterocycles. The van der Waals surface area contributed by atoms with Gasteiger partial charge >= 0.3 is 0 Å². The second-order valence-corrected chi connectivity index (χ2v) is 5.54. The van der Waals surface area contributed by atoms with Crippen molar-refractivity contribution < 1.29 is 0 Å². The van der Waals surface area contributed by atoms with E-state index in [0.717, 1.165) is 23.1 Å². The van der Waals surface area contributed by atoms with Crippen LogP contribution in [0.4, 0.5) is 5.69 Å². The van der Waals surface area contributed by atoms with Crippen LogP contribution < -0.4 is 5.32 Å². The van der Waals surface area contributed by atoms with Crippen LogP contribution in [-0.2, 0) is 13.0 Å². The van der Waals surface area contributed by atoms with Crippen LogP contribution in [0.3, 0.4) is 0 Å². The van der Waals surface area contributed by atoms with Crippen LogP contribution in [-0.4, -0.2) is 4.98 Å². The van der Waals surface area contributed by atoms with Gasteiger partial charge in [0.15, 0.2) is 0 Å². The molecule has 0 bridgehead atoms. The molecule has 0 aliphatic carbocycles. The van der Waals surface area contributed by atoms with Crippen LogP contribution in [0.2, 0.25) is 0 Å². The van der Waals surface area contributed by atoms with Gasteiger partial charge in [0, 0.05) is 28.7 Å². The maximum atomic E-state index is 4.03. The molecule has 0 saturated heterocycles. The summed E-state index contributed by atoms with van der Waals surface area (Å²) >= 11 is 5.33. The Morgan fingerprint density at radius 3 is 2.81 bits per heavy atom. The third-order valence-electron chi connectivity index (χ3n) is 2.29. The second-order valence-electron chi connectivity index (χ2n) is 3.43. The lowest BCUT2D eigenvalue weighted by Crippen LogP contribution is -1.98. The minimum atomic E-state index is 0.868. The monoisotopic (exact) mass is 296 g/mol. The van der Waals surface area contributed by atoms with Gasteiger partial charge in [-0.3, -0.25) is 4.98 Å². The number of halogens is 1. The van der Waals surface area contributed by atoms with E-state index in [0.29, 0.717) is 0 Å². The molecule has 16 heavy (non-hydrogen) atoms. The van der Waals surface area contributed by atoms with Crippen molar-refractivity contribution in [1.29, 1.82) is 0 Å². The smallest absolute Gasteiger partial charge is 0.0590 e. The van der Waals surface area contributed by atoms with Crippen LogP contribution in [0.5, 0.6) is 0 Å². The van der Waals surface area contributed by atoms with E-state index in [1.54, 1.807) is 12.4 Å². The number of aryl methyl sites for hydroxylation is 1. The number of aromatic nitrogens is 1. The van der Waals surface area contributed by atoms with Gasteiger partial charge in [-0.25, -0.2) is 0 Å². The Bertz CT molecular complexity index is 468. The van der Waals surface area contributed by atoms with E-state index in [2.05, 4.69) is 45.3 Å². The van der Waals surface area contributed by atoms with Crippen LogP contribution in [0, 0.1) is 0 Å². The fourth-order valence-corrected chi connectivity index (χ4v) is 2.70. The fraction of sp³-hybridized carbons (Fsp3) is 0.250. The predicted octanol–water partition coefficient (Wildman–Crippen LogP) is 4.08. The molecule has 84 valence electrons. The van der Waals surface area contributed by atoms with Crippen LogP contribution in [0.25, 0.3) is 0 Å². The molecule has 4 heteroatoms. The highest BCUT2D eigenvalue weighted by atomic mass is 79.9. The first-order valence-corrected chi connectivity index (χ1v) is 6.81. The lowest BCUT2D eigenvalue weighted by molar-refractivity contribution is 1.17. The normalized spacial score (nSPS) is 10.4. The average Bonchev–Trinajstić information content (AvgIpc) is 2.76. The topological polar surface area (TPSA) is 24.9 Å². The van der Waals surface area contributed by atoms with Gasteiger partial charge in [0.05, 0.1) is 10.2 Å². The largest absolute Gasteiger partial charge is 0.379 e. The molecule has 0 aliphatic rings. The molecule has 2 rings (SSSR count). The van der Waals surface area contributed by atoms with Crippen molar-refractivity contribution in [1.82, 2.24) is 4.98 Å². The lowest BCUT2D eigenvalue weighted by Gasteiger charge is -2.05. The molecule has 0 aliphatic heterocycles. The van der Waals surface area contributed by atoms with E-state index in [9.17, 15) is 0 Å². The summed E-state index contributed by atoms with van der Waals surface area (Å²) in [6.07, 6.45) is 4.71. The van der Waals surface area contributed by atoms with Crippen molar-refractivity contribution in [2.24, 2.45) is 0 Å². The SMILES string of the molecule is CCc1ccc(CNc2ccncc2Br)s1. The molecule has 0 fully saturated rings. The van der Waals surface area contributed by atoms with E-state index >= 15 is 0 Å². The quantitative estimate of drug-likeness (QED) is 0.919. The van der Waals surface area contributed by atoms with Gasteiger partial charge in [0.1, 0.15) is 0 Å². The Labute approximate surface area is 108 Å². The molecule has 0 amide bonds. The highest BCUT2D eigenvalue weighted by molar-refractivity contribution is 9.10. The Hall–Kier alpha value is -0.870. The van der Waals surface area contributed by atoms with Crippen molar-refractivity contribution in [3.63, 3.8) is 0 Å². The molecule has 0 spiro atoms.